The number of hydrogen-bond donors (Lipinski definition) is 0. The molecule has 0 radical (unpaired) electrons. The molecule has 0 saturated heterocycles. The number of rotatable bonds is 4. The van der Waals surface area contributed by atoms with E-state index < -0.39 is 0 Å². The lowest BCUT2D eigenvalue weighted by atomic mass is 9.99. The van der Waals surface area contributed by atoms with Gasteiger partial charge in [0.05, 0.1) is 6.61 Å². The van der Waals surface area contributed by atoms with Crippen LogP contribution in [0.1, 0.15) is 28.5 Å². The molecule has 1 aromatic heterocycles. The number of fused-ring (bicyclic) bond motifs is 1. The lowest BCUT2D eigenvalue weighted by molar-refractivity contribution is 0.0728. The zero-order valence-electron chi connectivity index (χ0n) is 15.1. The van der Waals surface area contributed by atoms with Crippen LogP contribution in [0.3, 0.4) is 0 Å². The van der Waals surface area contributed by atoms with Crippen LogP contribution < -0.4 is 4.74 Å². The fraction of sp³-hybridized carbons (Fsp3) is 0.238. The summed E-state index contributed by atoms with van der Waals surface area (Å²) in [5.41, 5.74) is 2.96. The zero-order valence-corrected chi connectivity index (χ0v) is 15.1. The Morgan fingerprint density at radius 2 is 2.04 bits per heavy atom. The van der Waals surface area contributed by atoms with Gasteiger partial charge in [-0.05, 0) is 54.8 Å². The third-order valence-electron chi connectivity index (χ3n) is 4.70. The summed E-state index contributed by atoms with van der Waals surface area (Å²) >= 11 is 0. The summed E-state index contributed by atoms with van der Waals surface area (Å²) in [4.78, 5) is 14.6. The molecule has 0 bridgehead atoms. The molecule has 5 nitrogen and oxygen atoms in total. The molecule has 0 unspecified atom stereocenters. The van der Waals surface area contributed by atoms with E-state index in [4.69, 9.17) is 4.74 Å². The van der Waals surface area contributed by atoms with Crippen molar-refractivity contribution in [3.05, 3.63) is 77.4 Å². The molecule has 138 valence electrons. The first kappa shape index (κ1) is 17.3. The summed E-state index contributed by atoms with van der Waals surface area (Å²) in [6, 6.07) is 14.0. The number of halogens is 1. The van der Waals surface area contributed by atoms with Crippen LogP contribution in [0.5, 0.6) is 5.75 Å². The van der Waals surface area contributed by atoms with Gasteiger partial charge in [-0.15, -0.1) is 0 Å². The number of hydrogen-bond acceptors (Lipinski definition) is 3. The van der Waals surface area contributed by atoms with E-state index in [0.717, 1.165) is 17.7 Å². The largest absolute Gasteiger partial charge is 0.494 e. The standard InChI is InChI=1S/C21H20FN3O2/c1-2-27-17-8-7-15-9-11-24(14-16(15)13-17)21(26)19-10-12-25(23-19)20-6-4-3-5-18(20)22/h3-8,10,12-13H,2,9,11,14H2,1H3. The summed E-state index contributed by atoms with van der Waals surface area (Å²) < 4.78 is 20.9. The molecule has 2 heterocycles. The molecule has 2 aromatic carbocycles. The first-order valence-corrected chi connectivity index (χ1v) is 9.00. The monoisotopic (exact) mass is 365 g/mol. The fourth-order valence-electron chi connectivity index (χ4n) is 3.33. The van der Waals surface area contributed by atoms with E-state index in [2.05, 4.69) is 11.2 Å². The smallest absolute Gasteiger partial charge is 0.274 e. The highest BCUT2D eigenvalue weighted by Gasteiger charge is 2.24. The SMILES string of the molecule is CCOc1ccc2c(c1)CN(C(=O)c1ccn(-c3ccccc3F)n1)CC2. The Hall–Kier alpha value is -3.15. The number of nitrogens with zero attached hydrogens (tertiary/aromatic N) is 3. The Bertz CT molecular complexity index is 983. The quantitative estimate of drug-likeness (QED) is 0.710. The number of aromatic nitrogens is 2. The third-order valence-corrected chi connectivity index (χ3v) is 4.70. The molecule has 0 atom stereocenters. The summed E-state index contributed by atoms with van der Waals surface area (Å²) in [5, 5.41) is 4.28. The van der Waals surface area contributed by atoms with Gasteiger partial charge in [-0.1, -0.05) is 18.2 Å². The number of carbonyl (C=O) groups excluding carboxylic acids is 1. The van der Waals surface area contributed by atoms with Crippen LogP contribution in [-0.2, 0) is 13.0 Å². The van der Waals surface area contributed by atoms with Crippen LogP contribution in [0.4, 0.5) is 4.39 Å². The number of ether oxygens (including phenoxy) is 1. The number of benzene rings is 2. The van der Waals surface area contributed by atoms with Crippen molar-refractivity contribution < 1.29 is 13.9 Å². The second-order valence-electron chi connectivity index (χ2n) is 6.44. The van der Waals surface area contributed by atoms with Crippen molar-refractivity contribution in [2.75, 3.05) is 13.2 Å². The normalized spacial score (nSPS) is 13.3. The molecule has 6 heteroatoms. The number of para-hydroxylation sites is 1. The van der Waals surface area contributed by atoms with Crippen molar-refractivity contribution >= 4 is 5.91 Å². The molecular weight excluding hydrogens is 345 g/mol. The van der Waals surface area contributed by atoms with E-state index in [-0.39, 0.29) is 11.7 Å². The van der Waals surface area contributed by atoms with Crippen LogP contribution >= 0.6 is 0 Å². The Morgan fingerprint density at radius 1 is 1.19 bits per heavy atom. The van der Waals surface area contributed by atoms with Crippen LogP contribution in [0, 0.1) is 5.82 Å². The van der Waals surface area contributed by atoms with E-state index >= 15 is 0 Å². The highest BCUT2D eigenvalue weighted by molar-refractivity contribution is 5.92. The summed E-state index contributed by atoms with van der Waals surface area (Å²) in [6.45, 7) is 3.70. The van der Waals surface area contributed by atoms with Gasteiger partial charge in [-0.2, -0.15) is 5.10 Å². The molecule has 4 rings (SSSR count). The van der Waals surface area contributed by atoms with Crippen molar-refractivity contribution in [2.24, 2.45) is 0 Å². The van der Waals surface area contributed by atoms with Gasteiger partial charge in [-0.3, -0.25) is 4.79 Å². The maximum Gasteiger partial charge on any atom is 0.274 e. The maximum atomic E-state index is 13.9. The fourth-order valence-corrected chi connectivity index (χ4v) is 3.33. The molecule has 1 aliphatic rings. The van der Waals surface area contributed by atoms with Crippen molar-refractivity contribution in [3.8, 4) is 11.4 Å². The molecule has 0 saturated carbocycles. The van der Waals surface area contributed by atoms with Crippen molar-refractivity contribution in [2.45, 2.75) is 19.9 Å². The Kier molecular flexibility index (Phi) is 4.62. The van der Waals surface area contributed by atoms with E-state index in [1.165, 1.54) is 16.3 Å². The van der Waals surface area contributed by atoms with Crippen LogP contribution in [0.2, 0.25) is 0 Å². The third kappa shape index (κ3) is 3.43. The van der Waals surface area contributed by atoms with Gasteiger partial charge in [0.15, 0.2) is 5.69 Å². The van der Waals surface area contributed by atoms with Gasteiger partial charge < -0.3 is 9.64 Å². The second-order valence-corrected chi connectivity index (χ2v) is 6.44. The first-order chi connectivity index (χ1) is 13.2. The van der Waals surface area contributed by atoms with E-state index in [1.54, 1.807) is 35.4 Å². The molecule has 1 amide bonds. The first-order valence-electron chi connectivity index (χ1n) is 9.00. The molecule has 0 aliphatic carbocycles. The predicted molar refractivity (Wildman–Crippen MR) is 99.6 cm³/mol. The molecule has 27 heavy (non-hydrogen) atoms. The number of carbonyl (C=O) groups is 1. The highest BCUT2D eigenvalue weighted by Crippen LogP contribution is 2.25. The van der Waals surface area contributed by atoms with Gasteiger partial charge >= 0.3 is 0 Å². The average Bonchev–Trinajstić information content (AvgIpc) is 3.17. The Labute approximate surface area is 157 Å². The molecule has 0 spiro atoms. The van der Waals surface area contributed by atoms with E-state index in [0.29, 0.717) is 31.1 Å². The summed E-state index contributed by atoms with van der Waals surface area (Å²) in [5.74, 6) is 0.280. The van der Waals surface area contributed by atoms with Crippen molar-refractivity contribution in [1.82, 2.24) is 14.7 Å². The number of amides is 1. The predicted octanol–water partition coefficient (Wildman–Crippen LogP) is 3.61. The van der Waals surface area contributed by atoms with Crippen LogP contribution in [-0.4, -0.2) is 33.7 Å². The summed E-state index contributed by atoms with van der Waals surface area (Å²) in [7, 11) is 0. The lowest BCUT2D eigenvalue weighted by Gasteiger charge is -2.28. The van der Waals surface area contributed by atoms with Gasteiger partial charge in [-0.25, -0.2) is 9.07 Å². The van der Waals surface area contributed by atoms with Gasteiger partial charge in [0.2, 0.25) is 0 Å². The molecular formula is C21H20FN3O2. The Morgan fingerprint density at radius 3 is 2.85 bits per heavy atom. The van der Waals surface area contributed by atoms with Gasteiger partial charge in [0.25, 0.3) is 5.91 Å². The average molecular weight is 365 g/mol. The van der Waals surface area contributed by atoms with Crippen LogP contribution in [0.15, 0.2) is 54.7 Å². The topological polar surface area (TPSA) is 47.4 Å². The van der Waals surface area contributed by atoms with E-state index in [1.807, 2.05) is 19.1 Å². The molecule has 1 aliphatic heterocycles. The lowest BCUT2D eigenvalue weighted by Crippen LogP contribution is -2.36. The van der Waals surface area contributed by atoms with Crippen LogP contribution in [0.25, 0.3) is 5.69 Å². The van der Waals surface area contributed by atoms with E-state index in [9.17, 15) is 9.18 Å². The minimum Gasteiger partial charge on any atom is -0.494 e. The minimum absolute atomic E-state index is 0.155. The Balaban J connectivity index is 1.54. The molecule has 0 fully saturated rings. The molecule has 3 aromatic rings. The zero-order chi connectivity index (χ0) is 18.8. The minimum atomic E-state index is -0.380. The summed E-state index contributed by atoms with van der Waals surface area (Å²) in [6.07, 6.45) is 2.40. The molecule has 0 N–H and O–H groups in total. The van der Waals surface area contributed by atoms with Gasteiger partial charge in [0.1, 0.15) is 17.3 Å². The second kappa shape index (κ2) is 7.23. The maximum absolute atomic E-state index is 13.9. The van der Waals surface area contributed by atoms with Crippen molar-refractivity contribution in [3.63, 3.8) is 0 Å². The van der Waals surface area contributed by atoms with Gasteiger partial charge in [0, 0.05) is 19.3 Å². The van der Waals surface area contributed by atoms with Crippen molar-refractivity contribution in [1.29, 1.82) is 0 Å². The highest BCUT2D eigenvalue weighted by atomic mass is 19.1.